The van der Waals surface area contributed by atoms with Gasteiger partial charge in [-0.15, -0.1) is 5.10 Å². The number of H-pyrrole nitrogens is 1. The first kappa shape index (κ1) is 24.9. The minimum Gasteiger partial charge on any atom is -0.459 e. The highest BCUT2D eigenvalue weighted by molar-refractivity contribution is 5.91. The lowest BCUT2D eigenvalue weighted by Crippen LogP contribution is -2.51. The van der Waals surface area contributed by atoms with Crippen molar-refractivity contribution < 1.29 is 9.21 Å². The number of carbonyl (C=O) groups is 1. The fourth-order valence-electron chi connectivity index (χ4n) is 5.09. The highest BCUT2D eigenvalue weighted by Gasteiger charge is 2.36. The van der Waals surface area contributed by atoms with Gasteiger partial charge in [-0.1, -0.05) is 18.6 Å². The van der Waals surface area contributed by atoms with Crippen molar-refractivity contribution in [3.8, 4) is 0 Å². The summed E-state index contributed by atoms with van der Waals surface area (Å²) in [7, 11) is 0. The summed E-state index contributed by atoms with van der Waals surface area (Å²) >= 11 is 0. The molecule has 1 atom stereocenters. The monoisotopic (exact) mass is 503 g/mol. The largest absolute Gasteiger partial charge is 0.459 e. The summed E-state index contributed by atoms with van der Waals surface area (Å²) in [6, 6.07) is 9.03. The van der Waals surface area contributed by atoms with Crippen LogP contribution >= 0.6 is 0 Å². The van der Waals surface area contributed by atoms with Gasteiger partial charge in [0.05, 0.1) is 17.3 Å². The van der Waals surface area contributed by atoms with E-state index in [4.69, 9.17) is 4.42 Å². The Labute approximate surface area is 215 Å². The molecule has 0 aliphatic carbocycles. The second-order valence-electron chi connectivity index (χ2n) is 10.4. The summed E-state index contributed by atoms with van der Waals surface area (Å²) in [6.07, 6.45) is 2.32. The molecule has 3 aromatic heterocycles. The van der Waals surface area contributed by atoms with Crippen molar-refractivity contribution in [3.05, 3.63) is 75.2 Å². The molecule has 10 heteroatoms. The minimum absolute atomic E-state index is 0.132. The van der Waals surface area contributed by atoms with E-state index in [9.17, 15) is 9.59 Å². The van der Waals surface area contributed by atoms with Gasteiger partial charge in [-0.25, -0.2) is 4.68 Å². The third-order valence-electron chi connectivity index (χ3n) is 7.49. The number of fused-ring (bicyclic) bond motifs is 1. The van der Waals surface area contributed by atoms with Crippen LogP contribution in [0.25, 0.3) is 10.9 Å². The van der Waals surface area contributed by atoms with Crippen LogP contribution < -0.4 is 5.56 Å². The molecule has 10 nitrogen and oxygen atoms in total. The van der Waals surface area contributed by atoms with Crippen molar-refractivity contribution in [1.82, 2.24) is 35.0 Å². The Morgan fingerprint density at radius 1 is 1.16 bits per heavy atom. The fraction of sp³-hybridized carbons (Fsp3) is 0.444. The molecule has 1 amide bonds. The van der Waals surface area contributed by atoms with Gasteiger partial charge >= 0.3 is 0 Å². The molecule has 4 aromatic rings. The second-order valence-corrected chi connectivity index (χ2v) is 10.4. The number of amides is 1. The van der Waals surface area contributed by atoms with E-state index >= 15 is 0 Å². The Morgan fingerprint density at radius 3 is 2.59 bits per heavy atom. The van der Waals surface area contributed by atoms with Crippen LogP contribution in [0.2, 0.25) is 0 Å². The van der Waals surface area contributed by atoms with Crippen LogP contribution in [-0.4, -0.2) is 67.1 Å². The van der Waals surface area contributed by atoms with Gasteiger partial charge in [0.2, 0.25) is 0 Å². The topological polar surface area (TPSA) is 113 Å². The molecule has 0 bridgehead atoms. The van der Waals surface area contributed by atoms with E-state index in [-0.39, 0.29) is 17.0 Å². The van der Waals surface area contributed by atoms with E-state index in [2.05, 4.69) is 58.3 Å². The molecule has 1 N–H and O–H groups in total. The lowest BCUT2D eigenvalue weighted by atomic mass is 9.98. The molecule has 4 heterocycles. The third-order valence-corrected chi connectivity index (χ3v) is 7.49. The summed E-state index contributed by atoms with van der Waals surface area (Å²) in [6.45, 7) is 12.4. The van der Waals surface area contributed by atoms with E-state index in [0.29, 0.717) is 43.3 Å². The molecule has 1 fully saturated rings. The van der Waals surface area contributed by atoms with E-state index in [0.717, 1.165) is 28.5 Å². The summed E-state index contributed by atoms with van der Waals surface area (Å²) in [4.78, 5) is 33.5. The van der Waals surface area contributed by atoms with Gasteiger partial charge < -0.3 is 14.3 Å². The van der Waals surface area contributed by atoms with Gasteiger partial charge in [0.15, 0.2) is 11.6 Å². The van der Waals surface area contributed by atoms with Gasteiger partial charge in [-0.2, -0.15) is 0 Å². The zero-order chi connectivity index (χ0) is 26.3. The Bertz CT molecular complexity index is 1480. The van der Waals surface area contributed by atoms with Crippen LogP contribution in [-0.2, 0) is 5.54 Å². The normalized spacial score (nSPS) is 15.9. The van der Waals surface area contributed by atoms with Gasteiger partial charge in [-0.05, 0) is 79.8 Å². The highest BCUT2D eigenvalue weighted by Crippen LogP contribution is 2.32. The van der Waals surface area contributed by atoms with E-state index in [1.54, 1.807) is 17.0 Å². The molecule has 0 unspecified atom stereocenters. The number of piperazine rings is 1. The maximum absolute atomic E-state index is 13.6. The van der Waals surface area contributed by atoms with Gasteiger partial charge in [0.1, 0.15) is 6.04 Å². The van der Waals surface area contributed by atoms with Crippen molar-refractivity contribution >= 4 is 16.8 Å². The summed E-state index contributed by atoms with van der Waals surface area (Å²) in [5.74, 6) is 0.815. The zero-order valence-electron chi connectivity index (χ0n) is 22.0. The molecule has 0 radical (unpaired) electrons. The van der Waals surface area contributed by atoms with E-state index in [1.807, 2.05) is 24.6 Å². The maximum atomic E-state index is 13.6. The first-order valence-corrected chi connectivity index (χ1v) is 12.7. The number of hydrogen-bond acceptors (Lipinski definition) is 7. The molecule has 37 heavy (non-hydrogen) atoms. The van der Waals surface area contributed by atoms with E-state index < -0.39 is 6.04 Å². The molecule has 0 saturated carbocycles. The average molecular weight is 504 g/mol. The Balaban J connectivity index is 1.57. The van der Waals surface area contributed by atoms with Gasteiger partial charge in [0.25, 0.3) is 11.5 Å². The number of furan rings is 1. The number of tetrazole rings is 1. The molecule has 1 saturated heterocycles. The number of nitrogens with one attached hydrogen (secondary N) is 1. The number of pyridine rings is 1. The number of aromatic amines is 1. The predicted octanol–water partition coefficient (Wildman–Crippen LogP) is 3.42. The zero-order valence-corrected chi connectivity index (χ0v) is 22.0. The number of hydrogen-bond donors (Lipinski definition) is 1. The first-order valence-electron chi connectivity index (χ1n) is 12.7. The standard InChI is InChI=1S/C27H33N7O3/c1-6-27(4,5)34-24(29-30-31-34)23(20-16-19-15-17(2)14-18(3)22(19)28-25(20)35)32-9-11-33(12-10-32)26(36)21-8-7-13-37-21/h7-8,13-16,23H,6,9-12H2,1-5H3,(H,28,35)/t23-/m1/s1. The second kappa shape index (κ2) is 9.59. The number of carbonyl (C=O) groups excluding carboxylic acids is 1. The number of aromatic nitrogens is 5. The third kappa shape index (κ3) is 4.57. The molecule has 1 aliphatic rings. The maximum Gasteiger partial charge on any atom is 0.289 e. The van der Waals surface area contributed by atoms with Gasteiger partial charge in [-0.3, -0.25) is 14.5 Å². The number of nitrogens with zero attached hydrogens (tertiary/aromatic N) is 6. The lowest BCUT2D eigenvalue weighted by Gasteiger charge is -2.39. The first-order chi connectivity index (χ1) is 17.7. The molecular weight excluding hydrogens is 470 g/mol. The predicted molar refractivity (Wildman–Crippen MR) is 140 cm³/mol. The molecule has 194 valence electrons. The smallest absolute Gasteiger partial charge is 0.289 e. The van der Waals surface area contributed by atoms with Crippen LogP contribution in [0.5, 0.6) is 0 Å². The van der Waals surface area contributed by atoms with Crippen LogP contribution in [0.3, 0.4) is 0 Å². The van der Waals surface area contributed by atoms with Crippen LogP contribution in [0.1, 0.15) is 66.3 Å². The summed E-state index contributed by atoms with van der Waals surface area (Å²) < 4.78 is 7.15. The van der Waals surface area contributed by atoms with Crippen LogP contribution in [0, 0.1) is 13.8 Å². The van der Waals surface area contributed by atoms with Crippen molar-refractivity contribution in [2.45, 2.75) is 52.6 Å². The van der Waals surface area contributed by atoms with E-state index in [1.165, 1.54) is 6.26 Å². The Hall–Kier alpha value is -3.79. The van der Waals surface area contributed by atoms with Crippen molar-refractivity contribution in [3.63, 3.8) is 0 Å². The van der Waals surface area contributed by atoms with Crippen molar-refractivity contribution in [2.75, 3.05) is 26.2 Å². The van der Waals surface area contributed by atoms with Gasteiger partial charge in [0, 0.05) is 31.7 Å². The Kier molecular flexibility index (Phi) is 6.45. The van der Waals surface area contributed by atoms with Crippen LogP contribution in [0.15, 0.2) is 45.8 Å². The molecule has 1 aromatic carbocycles. The summed E-state index contributed by atoms with van der Waals surface area (Å²) in [5.41, 5.74) is 3.07. The minimum atomic E-state index is -0.476. The molecule has 1 aliphatic heterocycles. The van der Waals surface area contributed by atoms with Crippen LogP contribution in [0.4, 0.5) is 0 Å². The highest BCUT2D eigenvalue weighted by atomic mass is 16.3. The number of benzene rings is 1. The SMILES string of the molecule is CCC(C)(C)n1nnnc1[C@@H](c1cc2cc(C)cc(C)c2[nH]c1=O)N1CCN(C(=O)c2ccco2)CC1. The summed E-state index contributed by atoms with van der Waals surface area (Å²) in [5, 5.41) is 13.8. The molecule has 0 spiro atoms. The fourth-order valence-corrected chi connectivity index (χ4v) is 5.09. The molecule has 5 rings (SSSR count). The number of aryl methyl sites for hydroxylation is 2. The number of rotatable bonds is 6. The van der Waals surface area contributed by atoms with Crippen molar-refractivity contribution in [1.29, 1.82) is 0 Å². The quantitative estimate of drug-likeness (QED) is 0.429. The Morgan fingerprint density at radius 2 is 1.92 bits per heavy atom. The average Bonchev–Trinajstić information content (AvgIpc) is 3.58. The molecular formula is C27H33N7O3. The lowest BCUT2D eigenvalue weighted by molar-refractivity contribution is 0.0554. The van der Waals surface area contributed by atoms with Crippen molar-refractivity contribution in [2.24, 2.45) is 0 Å².